The molecule has 0 saturated heterocycles. The Hall–Kier alpha value is -1.87. The molecule has 9 heteroatoms. The summed E-state index contributed by atoms with van der Waals surface area (Å²) in [5.74, 6) is -0.779. The van der Waals surface area contributed by atoms with Crippen LogP contribution in [0.5, 0.6) is 0 Å². The summed E-state index contributed by atoms with van der Waals surface area (Å²) in [4.78, 5) is 14.0. The van der Waals surface area contributed by atoms with Crippen LogP contribution in [0.15, 0.2) is 12.3 Å². The molecule has 0 bridgehead atoms. The van der Waals surface area contributed by atoms with Gasteiger partial charge in [0.15, 0.2) is 0 Å². The summed E-state index contributed by atoms with van der Waals surface area (Å²) in [7, 11) is 0. The van der Waals surface area contributed by atoms with Crippen molar-refractivity contribution in [3.8, 4) is 0 Å². The van der Waals surface area contributed by atoms with Gasteiger partial charge in [0.25, 0.3) is 0 Å². The molecular formula is C11H14F3N3O3. The molecule has 0 aliphatic heterocycles. The maximum Gasteiger partial charge on any atom is 0.417 e. The Morgan fingerprint density at radius 1 is 1.50 bits per heavy atom. The highest BCUT2D eigenvalue weighted by Crippen LogP contribution is 2.32. The van der Waals surface area contributed by atoms with Crippen molar-refractivity contribution < 1.29 is 28.2 Å². The smallest absolute Gasteiger partial charge is 0.388 e. The molecule has 1 rings (SSSR count). The first kappa shape index (κ1) is 16.2. The van der Waals surface area contributed by atoms with Gasteiger partial charge in [0.1, 0.15) is 18.0 Å². The molecule has 2 unspecified atom stereocenters. The number of pyridine rings is 1. The van der Waals surface area contributed by atoms with Crippen molar-refractivity contribution in [3.05, 3.63) is 23.4 Å². The van der Waals surface area contributed by atoms with E-state index >= 15 is 0 Å². The Bertz CT molecular complexity index is 494. The van der Waals surface area contributed by atoms with Gasteiger partial charge in [-0.1, -0.05) is 0 Å². The summed E-state index contributed by atoms with van der Waals surface area (Å²) in [6.45, 7) is 0.867. The lowest BCUT2D eigenvalue weighted by atomic mass is 10.0. The fourth-order valence-electron chi connectivity index (χ4n) is 1.45. The second kappa shape index (κ2) is 6.06. The quantitative estimate of drug-likeness (QED) is 0.635. The molecule has 0 aliphatic carbocycles. The molecule has 0 aromatic carbocycles. The highest BCUT2D eigenvalue weighted by molar-refractivity contribution is 5.72. The van der Waals surface area contributed by atoms with Crippen LogP contribution >= 0.6 is 0 Å². The van der Waals surface area contributed by atoms with Crippen LogP contribution in [0.4, 0.5) is 19.0 Å². The minimum absolute atomic E-state index is 0.327. The summed E-state index contributed by atoms with van der Waals surface area (Å²) in [6, 6.07) is 0.615. The summed E-state index contributed by atoms with van der Waals surface area (Å²) >= 11 is 0. The largest absolute Gasteiger partial charge is 0.417 e. The van der Waals surface area contributed by atoms with E-state index in [1.165, 1.54) is 6.92 Å². The Labute approximate surface area is 112 Å². The number of carbonyl (C=O) groups excluding carboxylic acids is 1. The van der Waals surface area contributed by atoms with Crippen LogP contribution in [-0.4, -0.2) is 33.8 Å². The molecule has 5 N–H and O–H groups in total. The van der Waals surface area contributed by atoms with E-state index < -0.39 is 29.9 Å². The van der Waals surface area contributed by atoms with E-state index in [-0.39, 0.29) is 17.9 Å². The van der Waals surface area contributed by atoms with E-state index in [9.17, 15) is 28.2 Å². The zero-order valence-electron chi connectivity index (χ0n) is 10.5. The van der Waals surface area contributed by atoms with Gasteiger partial charge in [-0.3, -0.25) is 4.79 Å². The van der Waals surface area contributed by atoms with E-state index in [2.05, 4.69) is 10.3 Å². The highest BCUT2D eigenvalue weighted by atomic mass is 19.4. The number of halogens is 3. The van der Waals surface area contributed by atoms with Gasteiger partial charge < -0.3 is 21.3 Å². The predicted molar refractivity (Wildman–Crippen MR) is 63.3 cm³/mol. The van der Waals surface area contributed by atoms with Gasteiger partial charge in [-0.05, 0) is 6.07 Å². The summed E-state index contributed by atoms with van der Waals surface area (Å²) in [6.07, 6.45) is -7.31. The molecule has 1 heterocycles. The number of aliphatic hydroxyl groups excluding tert-OH is 2. The van der Waals surface area contributed by atoms with Crippen molar-refractivity contribution in [3.63, 3.8) is 0 Å². The molecule has 6 nitrogen and oxygen atoms in total. The van der Waals surface area contributed by atoms with Gasteiger partial charge in [0.2, 0.25) is 5.91 Å². The molecule has 0 radical (unpaired) electrons. The lowest BCUT2D eigenvalue weighted by molar-refractivity contribution is -0.138. The molecular weight excluding hydrogens is 279 g/mol. The first-order valence-corrected chi connectivity index (χ1v) is 5.56. The molecule has 2 atom stereocenters. The number of amides is 1. The number of hydrogen-bond donors (Lipinski definition) is 4. The number of nitrogens with zero attached hydrogens (tertiary/aromatic N) is 1. The summed E-state index contributed by atoms with van der Waals surface area (Å²) in [5, 5.41) is 21.6. The van der Waals surface area contributed by atoms with Crippen molar-refractivity contribution in [1.29, 1.82) is 0 Å². The third kappa shape index (κ3) is 4.07. The lowest BCUT2D eigenvalue weighted by Gasteiger charge is -2.20. The lowest BCUT2D eigenvalue weighted by Crippen LogP contribution is -2.34. The zero-order chi connectivity index (χ0) is 15.5. The van der Waals surface area contributed by atoms with Gasteiger partial charge in [0, 0.05) is 25.2 Å². The van der Waals surface area contributed by atoms with Gasteiger partial charge in [-0.2, -0.15) is 13.2 Å². The average Bonchev–Trinajstić information content (AvgIpc) is 2.34. The van der Waals surface area contributed by atoms with Crippen molar-refractivity contribution in [1.82, 2.24) is 10.3 Å². The SMILES string of the molecule is CC(=O)NCC(O)C(O)c1cc(C(F)(F)F)cnc1N. The van der Waals surface area contributed by atoms with Crippen LogP contribution in [-0.2, 0) is 11.0 Å². The number of nitrogens with one attached hydrogen (secondary N) is 1. The molecule has 0 spiro atoms. The Balaban J connectivity index is 2.97. The van der Waals surface area contributed by atoms with Crippen molar-refractivity contribution in [2.45, 2.75) is 25.3 Å². The fourth-order valence-corrected chi connectivity index (χ4v) is 1.45. The second-order valence-electron chi connectivity index (χ2n) is 4.15. The monoisotopic (exact) mass is 293 g/mol. The number of anilines is 1. The molecule has 1 aromatic rings. The maximum absolute atomic E-state index is 12.5. The highest BCUT2D eigenvalue weighted by Gasteiger charge is 2.33. The first-order valence-electron chi connectivity index (χ1n) is 5.56. The normalized spacial score (nSPS) is 14.7. The van der Waals surface area contributed by atoms with E-state index in [4.69, 9.17) is 5.73 Å². The Morgan fingerprint density at radius 3 is 2.60 bits per heavy atom. The second-order valence-corrected chi connectivity index (χ2v) is 4.15. The minimum atomic E-state index is -4.64. The third-order valence-electron chi connectivity index (χ3n) is 2.52. The van der Waals surface area contributed by atoms with E-state index in [0.29, 0.717) is 12.3 Å². The van der Waals surface area contributed by atoms with Crippen molar-refractivity contribution in [2.75, 3.05) is 12.3 Å². The van der Waals surface area contributed by atoms with Gasteiger partial charge >= 0.3 is 6.18 Å². The van der Waals surface area contributed by atoms with Gasteiger partial charge in [-0.25, -0.2) is 4.98 Å². The fraction of sp³-hybridized carbons (Fsp3) is 0.455. The van der Waals surface area contributed by atoms with Crippen LogP contribution < -0.4 is 11.1 Å². The number of carbonyl (C=O) groups is 1. The Kier molecular flexibility index (Phi) is 4.90. The van der Waals surface area contributed by atoms with Crippen LogP contribution in [0, 0.1) is 0 Å². The molecule has 0 aliphatic rings. The number of nitrogen functional groups attached to an aromatic ring is 1. The molecule has 0 fully saturated rings. The zero-order valence-corrected chi connectivity index (χ0v) is 10.5. The molecule has 20 heavy (non-hydrogen) atoms. The van der Waals surface area contributed by atoms with E-state index in [0.717, 1.165) is 0 Å². The molecule has 112 valence electrons. The van der Waals surface area contributed by atoms with Crippen molar-refractivity contribution in [2.24, 2.45) is 0 Å². The molecule has 1 amide bonds. The summed E-state index contributed by atoms with van der Waals surface area (Å²) < 4.78 is 37.6. The summed E-state index contributed by atoms with van der Waals surface area (Å²) in [5.41, 5.74) is 3.95. The van der Waals surface area contributed by atoms with Crippen molar-refractivity contribution >= 4 is 11.7 Å². The third-order valence-corrected chi connectivity index (χ3v) is 2.52. The van der Waals surface area contributed by atoms with Crippen LogP contribution in [0.2, 0.25) is 0 Å². The van der Waals surface area contributed by atoms with Crippen LogP contribution in [0.25, 0.3) is 0 Å². The number of aliphatic hydroxyl groups is 2. The Morgan fingerprint density at radius 2 is 2.10 bits per heavy atom. The predicted octanol–water partition coefficient (Wildman–Crippen LogP) is 0.213. The minimum Gasteiger partial charge on any atom is -0.388 e. The topological polar surface area (TPSA) is 108 Å². The molecule has 1 aromatic heterocycles. The number of alkyl halides is 3. The standard InChI is InChI=1S/C11H14F3N3O3/c1-5(18)16-4-8(19)9(20)7-2-6(11(12,13)14)3-17-10(7)15/h2-3,8-9,19-20H,4H2,1H3,(H2,15,17)(H,16,18). The first-order chi connectivity index (χ1) is 9.12. The average molecular weight is 293 g/mol. The van der Waals surface area contributed by atoms with E-state index in [1.807, 2.05) is 0 Å². The van der Waals surface area contributed by atoms with Gasteiger partial charge in [0.05, 0.1) is 5.56 Å². The van der Waals surface area contributed by atoms with Crippen LogP contribution in [0.3, 0.4) is 0 Å². The van der Waals surface area contributed by atoms with E-state index in [1.54, 1.807) is 0 Å². The maximum atomic E-state index is 12.5. The number of nitrogens with two attached hydrogens (primary N) is 1. The number of hydrogen-bond acceptors (Lipinski definition) is 5. The van der Waals surface area contributed by atoms with Crippen LogP contribution in [0.1, 0.15) is 24.2 Å². The number of aromatic nitrogens is 1. The van der Waals surface area contributed by atoms with Gasteiger partial charge in [-0.15, -0.1) is 0 Å². The molecule has 0 saturated carbocycles. The number of rotatable bonds is 4.